The molecule has 4 heterocycles. The summed E-state index contributed by atoms with van der Waals surface area (Å²) >= 11 is 0. The van der Waals surface area contributed by atoms with Crippen LogP contribution in [0.4, 0.5) is 0 Å². The third kappa shape index (κ3) is 3.71. The molecule has 0 aromatic carbocycles. The number of aromatic nitrogens is 4. The predicted molar refractivity (Wildman–Crippen MR) is 95.2 cm³/mol. The van der Waals surface area contributed by atoms with Gasteiger partial charge in [-0.15, -0.1) is 0 Å². The number of rotatable bonds is 5. The van der Waals surface area contributed by atoms with Crippen molar-refractivity contribution in [3.8, 4) is 11.5 Å². The van der Waals surface area contributed by atoms with Crippen molar-refractivity contribution in [3.05, 3.63) is 41.3 Å². The second-order valence-electron chi connectivity index (χ2n) is 6.82. The van der Waals surface area contributed by atoms with Gasteiger partial charge < -0.3 is 14.0 Å². The van der Waals surface area contributed by atoms with Crippen LogP contribution >= 0.6 is 0 Å². The molecule has 0 aliphatic carbocycles. The van der Waals surface area contributed by atoms with E-state index in [4.69, 9.17) is 9.05 Å². The lowest BCUT2D eigenvalue weighted by Gasteiger charge is -2.20. The van der Waals surface area contributed by atoms with Gasteiger partial charge in [0, 0.05) is 31.5 Å². The summed E-state index contributed by atoms with van der Waals surface area (Å²) in [4.78, 5) is 12.7. The Morgan fingerprint density at radius 1 is 1.04 bits per heavy atom. The molecule has 0 saturated carbocycles. The topological polar surface area (TPSA) is 87.2 Å². The predicted octanol–water partition coefficient (Wildman–Crippen LogP) is 2.38. The van der Waals surface area contributed by atoms with E-state index in [1.54, 1.807) is 0 Å². The summed E-state index contributed by atoms with van der Waals surface area (Å²) in [5.74, 6) is 1.89. The molecule has 4 rings (SSSR count). The first-order valence-electron chi connectivity index (χ1n) is 9.02. The first kappa shape index (κ1) is 17.0. The molecule has 138 valence electrons. The molecule has 0 spiro atoms. The zero-order chi connectivity index (χ0) is 17.9. The van der Waals surface area contributed by atoms with Crippen LogP contribution in [0.25, 0.3) is 11.5 Å². The van der Waals surface area contributed by atoms with E-state index in [9.17, 15) is 0 Å². The molecule has 1 fully saturated rings. The molecule has 8 heteroatoms. The standard InChI is InChI=1S/C18H24N6O2/c1-13-17(14(2)25-21-13)18-20-16(22-26-18)12-24-8-4-7-23(9-10-24)11-15-5-3-6-19-15/h3,5-6,19H,4,7-12H2,1-2H3. The molecule has 1 N–H and O–H groups in total. The highest BCUT2D eigenvalue weighted by atomic mass is 16.5. The average Bonchev–Trinajstić information content (AvgIpc) is 3.31. The lowest BCUT2D eigenvalue weighted by Crippen LogP contribution is -2.30. The molecule has 0 amide bonds. The third-order valence-electron chi connectivity index (χ3n) is 4.82. The number of nitrogens with zero attached hydrogens (tertiary/aromatic N) is 5. The number of H-pyrrole nitrogens is 1. The molecular weight excluding hydrogens is 332 g/mol. The number of aromatic amines is 1. The Morgan fingerprint density at radius 2 is 1.85 bits per heavy atom. The van der Waals surface area contributed by atoms with Gasteiger partial charge in [-0.05, 0) is 45.5 Å². The normalized spacial score (nSPS) is 16.8. The second kappa shape index (κ2) is 7.43. The average molecular weight is 356 g/mol. The fourth-order valence-electron chi connectivity index (χ4n) is 3.46. The third-order valence-corrected chi connectivity index (χ3v) is 4.82. The Hall–Kier alpha value is -2.45. The fraction of sp³-hybridized carbons (Fsp3) is 0.500. The summed E-state index contributed by atoms with van der Waals surface area (Å²) < 4.78 is 10.6. The zero-order valence-corrected chi connectivity index (χ0v) is 15.2. The van der Waals surface area contributed by atoms with Crippen molar-refractivity contribution in [3.63, 3.8) is 0 Å². The molecule has 0 atom stereocenters. The molecule has 1 saturated heterocycles. The van der Waals surface area contributed by atoms with E-state index in [1.807, 2.05) is 26.1 Å². The van der Waals surface area contributed by atoms with Gasteiger partial charge in [-0.3, -0.25) is 9.80 Å². The maximum absolute atomic E-state index is 5.43. The van der Waals surface area contributed by atoms with E-state index < -0.39 is 0 Å². The summed E-state index contributed by atoms with van der Waals surface area (Å²) in [6.45, 7) is 9.57. The van der Waals surface area contributed by atoms with Gasteiger partial charge >= 0.3 is 0 Å². The number of hydrogen-bond donors (Lipinski definition) is 1. The Morgan fingerprint density at radius 3 is 2.54 bits per heavy atom. The maximum atomic E-state index is 5.43. The van der Waals surface area contributed by atoms with Gasteiger partial charge in [0.05, 0.1) is 12.2 Å². The highest BCUT2D eigenvalue weighted by Gasteiger charge is 2.21. The molecule has 26 heavy (non-hydrogen) atoms. The largest absolute Gasteiger partial charge is 0.364 e. The van der Waals surface area contributed by atoms with E-state index in [1.165, 1.54) is 5.69 Å². The first-order valence-corrected chi connectivity index (χ1v) is 9.02. The molecule has 3 aromatic heterocycles. The summed E-state index contributed by atoms with van der Waals surface area (Å²) in [5.41, 5.74) is 2.84. The minimum Gasteiger partial charge on any atom is -0.364 e. The van der Waals surface area contributed by atoms with Gasteiger partial charge in [0.15, 0.2) is 5.82 Å². The molecular formula is C18H24N6O2. The van der Waals surface area contributed by atoms with Crippen LogP contribution in [-0.4, -0.2) is 56.3 Å². The molecule has 1 aliphatic heterocycles. The van der Waals surface area contributed by atoms with E-state index in [2.05, 4.69) is 36.1 Å². The number of nitrogens with one attached hydrogen (secondary N) is 1. The van der Waals surface area contributed by atoms with Gasteiger partial charge in [-0.1, -0.05) is 10.3 Å². The van der Waals surface area contributed by atoms with Crippen LogP contribution in [0.3, 0.4) is 0 Å². The molecule has 0 bridgehead atoms. The second-order valence-corrected chi connectivity index (χ2v) is 6.82. The number of hydrogen-bond acceptors (Lipinski definition) is 7. The van der Waals surface area contributed by atoms with E-state index in [0.717, 1.165) is 50.4 Å². The van der Waals surface area contributed by atoms with Crippen LogP contribution in [0.1, 0.15) is 29.4 Å². The summed E-state index contributed by atoms with van der Waals surface area (Å²) in [5, 5.41) is 8.09. The van der Waals surface area contributed by atoms with Crippen molar-refractivity contribution in [1.29, 1.82) is 0 Å². The van der Waals surface area contributed by atoms with E-state index >= 15 is 0 Å². The van der Waals surface area contributed by atoms with Gasteiger partial charge in [-0.25, -0.2) is 0 Å². The zero-order valence-electron chi connectivity index (χ0n) is 15.2. The monoisotopic (exact) mass is 356 g/mol. The summed E-state index contributed by atoms with van der Waals surface area (Å²) in [6.07, 6.45) is 3.11. The quantitative estimate of drug-likeness (QED) is 0.751. The molecule has 0 unspecified atom stereocenters. The van der Waals surface area contributed by atoms with Crippen molar-refractivity contribution in [2.45, 2.75) is 33.4 Å². The van der Waals surface area contributed by atoms with Crippen molar-refractivity contribution >= 4 is 0 Å². The van der Waals surface area contributed by atoms with Crippen LogP contribution in [0.15, 0.2) is 27.4 Å². The smallest absolute Gasteiger partial charge is 0.263 e. The first-order chi connectivity index (χ1) is 12.7. The summed E-state index contributed by atoms with van der Waals surface area (Å²) in [6, 6.07) is 4.18. The SMILES string of the molecule is Cc1noc(C)c1-c1nc(CN2CCCN(Cc3ccc[nH]3)CC2)no1. The van der Waals surface area contributed by atoms with Crippen molar-refractivity contribution in [2.75, 3.05) is 26.2 Å². The van der Waals surface area contributed by atoms with Crippen LogP contribution < -0.4 is 0 Å². The van der Waals surface area contributed by atoms with Crippen molar-refractivity contribution in [2.24, 2.45) is 0 Å². The van der Waals surface area contributed by atoms with Crippen LogP contribution in [0.2, 0.25) is 0 Å². The van der Waals surface area contributed by atoms with Gasteiger partial charge in [-0.2, -0.15) is 4.98 Å². The molecule has 0 radical (unpaired) electrons. The van der Waals surface area contributed by atoms with Crippen LogP contribution in [0, 0.1) is 13.8 Å². The lowest BCUT2D eigenvalue weighted by molar-refractivity contribution is 0.240. The molecule has 8 nitrogen and oxygen atoms in total. The lowest BCUT2D eigenvalue weighted by atomic mass is 10.2. The Balaban J connectivity index is 1.36. The van der Waals surface area contributed by atoms with E-state index in [0.29, 0.717) is 24.0 Å². The molecule has 3 aromatic rings. The number of aryl methyl sites for hydroxylation is 2. The highest BCUT2D eigenvalue weighted by Crippen LogP contribution is 2.25. The fourth-order valence-corrected chi connectivity index (χ4v) is 3.46. The van der Waals surface area contributed by atoms with Crippen molar-refractivity contribution in [1.82, 2.24) is 30.1 Å². The van der Waals surface area contributed by atoms with Gasteiger partial charge in [0.2, 0.25) is 0 Å². The molecule has 1 aliphatic rings. The van der Waals surface area contributed by atoms with Crippen LogP contribution in [0.5, 0.6) is 0 Å². The highest BCUT2D eigenvalue weighted by molar-refractivity contribution is 5.57. The van der Waals surface area contributed by atoms with E-state index in [-0.39, 0.29) is 0 Å². The van der Waals surface area contributed by atoms with Gasteiger partial charge in [0.1, 0.15) is 11.3 Å². The minimum absolute atomic E-state index is 0.486. The van der Waals surface area contributed by atoms with Crippen molar-refractivity contribution < 1.29 is 9.05 Å². The minimum atomic E-state index is 0.486. The Bertz CT molecular complexity index is 818. The summed E-state index contributed by atoms with van der Waals surface area (Å²) in [7, 11) is 0. The Kier molecular flexibility index (Phi) is 4.85. The van der Waals surface area contributed by atoms with Crippen LogP contribution in [-0.2, 0) is 13.1 Å². The maximum Gasteiger partial charge on any atom is 0.263 e. The Labute approximate surface area is 152 Å². The van der Waals surface area contributed by atoms with Gasteiger partial charge in [0.25, 0.3) is 5.89 Å².